The van der Waals surface area contributed by atoms with Gasteiger partial charge in [0.2, 0.25) is 0 Å². The third-order valence-corrected chi connectivity index (χ3v) is 3.71. The number of hydrogen-bond donors (Lipinski definition) is 0. The number of rotatable bonds is 1. The molecule has 0 radical (unpaired) electrons. The van der Waals surface area contributed by atoms with E-state index in [0.717, 1.165) is 0 Å². The van der Waals surface area contributed by atoms with Crippen LogP contribution in [-0.2, 0) is 0 Å². The molecular weight excluding hydrogens is 237 g/mol. The summed E-state index contributed by atoms with van der Waals surface area (Å²) in [6, 6.07) is 3.43. The van der Waals surface area contributed by atoms with E-state index in [1.165, 1.54) is 11.3 Å². The van der Waals surface area contributed by atoms with Crippen molar-refractivity contribution in [3.63, 3.8) is 0 Å². The number of thiophene rings is 1. The van der Waals surface area contributed by atoms with E-state index in [9.17, 15) is 9.18 Å². The molecule has 1 aliphatic heterocycles. The fourth-order valence-corrected chi connectivity index (χ4v) is 2.65. The van der Waals surface area contributed by atoms with Gasteiger partial charge < -0.3 is 4.90 Å². The lowest BCUT2D eigenvalue weighted by Gasteiger charge is -2.28. The Morgan fingerprint density at radius 1 is 1.47 bits per heavy atom. The number of carbonyl (C=O) groups excluding carboxylic acids is 1. The van der Waals surface area contributed by atoms with Gasteiger partial charge in [-0.1, -0.05) is 11.6 Å². The molecule has 15 heavy (non-hydrogen) atoms. The summed E-state index contributed by atoms with van der Waals surface area (Å²) in [5.41, 5.74) is 0. The first-order valence-corrected chi connectivity index (χ1v) is 6.05. The predicted octanol–water partition coefficient (Wildman–Crippen LogP) is 2.98. The lowest BCUT2D eigenvalue weighted by atomic mass is 10.1. The van der Waals surface area contributed by atoms with Crippen LogP contribution in [0.5, 0.6) is 0 Å². The van der Waals surface area contributed by atoms with E-state index in [2.05, 4.69) is 0 Å². The van der Waals surface area contributed by atoms with Gasteiger partial charge in [0.1, 0.15) is 6.17 Å². The van der Waals surface area contributed by atoms with E-state index >= 15 is 0 Å². The molecule has 0 atom stereocenters. The van der Waals surface area contributed by atoms with Crippen LogP contribution in [0.1, 0.15) is 22.5 Å². The lowest BCUT2D eigenvalue weighted by Crippen LogP contribution is -2.38. The Kier molecular flexibility index (Phi) is 3.26. The Morgan fingerprint density at radius 3 is 2.67 bits per heavy atom. The van der Waals surface area contributed by atoms with Gasteiger partial charge in [-0.05, 0) is 25.0 Å². The van der Waals surface area contributed by atoms with Crippen LogP contribution in [0.3, 0.4) is 0 Å². The van der Waals surface area contributed by atoms with Gasteiger partial charge in [-0.15, -0.1) is 11.3 Å². The SMILES string of the molecule is O=C(c1ccc(Cl)s1)N1CCC(F)CC1. The Morgan fingerprint density at radius 2 is 2.13 bits per heavy atom. The second-order valence-corrected chi connectivity index (χ2v) is 5.29. The summed E-state index contributed by atoms with van der Waals surface area (Å²) in [4.78, 5) is 14.2. The summed E-state index contributed by atoms with van der Waals surface area (Å²) < 4.78 is 13.5. The van der Waals surface area contributed by atoms with Crippen molar-refractivity contribution < 1.29 is 9.18 Å². The fourth-order valence-electron chi connectivity index (χ4n) is 1.64. The maximum Gasteiger partial charge on any atom is 0.263 e. The summed E-state index contributed by atoms with van der Waals surface area (Å²) in [6.45, 7) is 1.02. The van der Waals surface area contributed by atoms with Crippen LogP contribution < -0.4 is 0 Å². The maximum absolute atomic E-state index is 12.9. The smallest absolute Gasteiger partial charge is 0.263 e. The average Bonchev–Trinajstić information content (AvgIpc) is 2.65. The maximum atomic E-state index is 12.9. The van der Waals surface area contributed by atoms with Gasteiger partial charge in [-0.3, -0.25) is 4.79 Å². The van der Waals surface area contributed by atoms with Gasteiger partial charge in [0.25, 0.3) is 5.91 Å². The molecule has 82 valence electrons. The summed E-state index contributed by atoms with van der Waals surface area (Å²) in [5.74, 6) is -0.0289. The first-order chi connectivity index (χ1) is 7.16. The molecule has 0 saturated carbocycles. The normalized spacial score (nSPS) is 18.1. The highest BCUT2D eigenvalue weighted by molar-refractivity contribution is 7.17. The number of carbonyl (C=O) groups is 1. The van der Waals surface area contributed by atoms with Crippen LogP contribution in [0.4, 0.5) is 4.39 Å². The molecule has 0 aromatic carbocycles. The number of likely N-dealkylation sites (tertiary alicyclic amines) is 1. The van der Waals surface area contributed by atoms with Crippen molar-refractivity contribution in [3.8, 4) is 0 Å². The van der Waals surface area contributed by atoms with Gasteiger partial charge in [-0.25, -0.2) is 4.39 Å². The Hall–Kier alpha value is -0.610. The van der Waals surface area contributed by atoms with E-state index in [0.29, 0.717) is 35.1 Å². The largest absolute Gasteiger partial charge is 0.338 e. The third kappa shape index (κ3) is 2.49. The van der Waals surface area contributed by atoms with Crippen LogP contribution in [0.25, 0.3) is 0 Å². The fraction of sp³-hybridized carbons (Fsp3) is 0.500. The Labute approximate surface area is 96.6 Å². The van der Waals surface area contributed by atoms with E-state index in [-0.39, 0.29) is 5.91 Å². The molecule has 1 aromatic heterocycles. The minimum Gasteiger partial charge on any atom is -0.338 e. The number of alkyl halides is 1. The van der Waals surface area contributed by atoms with Crippen LogP contribution in [0.2, 0.25) is 4.34 Å². The number of halogens is 2. The molecule has 2 heterocycles. The number of piperidine rings is 1. The molecule has 1 fully saturated rings. The van der Waals surface area contributed by atoms with Crippen molar-refractivity contribution in [1.29, 1.82) is 0 Å². The highest BCUT2D eigenvalue weighted by Crippen LogP contribution is 2.24. The summed E-state index contributed by atoms with van der Waals surface area (Å²) in [7, 11) is 0. The minimum atomic E-state index is -0.749. The van der Waals surface area contributed by atoms with Crippen LogP contribution in [0.15, 0.2) is 12.1 Å². The van der Waals surface area contributed by atoms with Gasteiger partial charge >= 0.3 is 0 Å². The Balaban J connectivity index is 2.02. The van der Waals surface area contributed by atoms with E-state index in [1.807, 2.05) is 0 Å². The van der Waals surface area contributed by atoms with E-state index in [1.54, 1.807) is 17.0 Å². The minimum absolute atomic E-state index is 0.0289. The van der Waals surface area contributed by atoms with Gasteiger partial charge in [0, 0.05) is 13.1 Å². The quantitative estimate of drug-likeness (QED) is 0.747. The van der Waals surface area contributed by atoms with Crippen molar-refractivity contribution in [1.82, 2.24) is 4.90 Å². The molecule has 0 N–H and O–H groups in total. The third-order valence-electron chi connectivity index (χ3n) is 2.50. The zero-order valence-electron chi connectivity index (χ0n) is 8.08. The molecule has 1 amide bonds. The summed E-state index contributed by atoms with van der Waals surface area (Å²) >= 11 is 7.03. The van der Waals surface area contributed by atoms with Gasteiger partial charge in [-0.2, -0.15) is 0 Å². The average molecular weight is 248 g/mol. The molecule has 1 aromatic rings. The van der Waals surface area contributed by atoms with Crippen molar-refractivity contribution >= 4 is 28.8 Å². The molecule has 2 nitrogen and oxygen atoms in total. The lowest BCUT2D eigenvalue weighted by molar-refractivity contribution is 0.0672. The molecule has 1 saturated heterocycles. The number of amides is 1. The van der Waals surface area contributed by atoms with Crippen LogP contribution in [-0.4, -0.2) is 30.1 Å². The van der Waals surface area contributed by atoms with Crippen molar-refractivity contribution in [3.05, 3.63) is 21.3 Å². The zero-order valence-corrected chi connectivity index (χ0v) is 9.65. The second kappa shape index (κ2) is 4.49. The van der Waals surface area contributed by atoms with Crippen molar-refractivity contribution in [2.75, 3.05) is 13.1 Å². The molecule has 2 rings (SSSR count). The monoisotopic (exact) mass is 247 g/mol. The molecule has 0 spiro atoms. The first kappa shape index (κ1) is 10.9. The molecular formula is C10H11ClFNOS. The first-order valence-electron chi connectivity index (χ1n) is 4.85. The summed E-state index contributed by atoms with van der Waals surface area (Å²) in [6.07, 6.45) is 0.149. The Bertz CT molecular complexity index is 360. The van der Waals surface area contributed by atoms with Gasteiger partial charge in [0.15, 0.2) is 0 Å². The molecule has 0 bridgehead atoms. The van der Waals surface area contributed by atoms with Crippen LogP contribution >= 0.6 is 22.9 Å². The van der Waals surface area contributed by atoms with Crippen molar-refractivity contribution in [2.45, 2.75) is 19.0 Å². The van der Waals surface area contributed by atoms with E-state index < -0.39 is 6.17 Å². The molecule has 1 aliphatic rings. The summed E-state index contributed by atoms with van der Waals surface area (Å²) in [5, 5.41) is 0. The number of nitrogens with zero attached hydrogens (tertiary/aromatic N) is 1. The highest BCUT2D eigenvalue weighted by Gasteiger charge is 2.23. The molecule has 5 heteroatoms. The van der Waals surface area contributed by atoms with Crippen molar-refractivity contribution in [2.24, 2.45) is 0 Å². The predicted molar refractivity (Wildman–Crippen MR) is 59.4 cm³/mol. The molecule has 0 aliphatic carbocycles. The number of hydrogen-bond acceptors (Lipinski definition) is 2. The zero-order chi connectivity index (χ0) is 10.8. The second-order valence-electron chi connectivity index (χ2n) is 3.57. The van der Waals surface area contributed by atoms with E-state index in [4.69, 9.17) is 11.6 Å². The van der Waals surface area contributed by atoms with Gasteiger partial charge in [0.05, 0.1) is 9.21 Å². The topological polar surface area (TPSA) is 20.3 Å². The highest BCUT2D eigenvalue weighted by atomic mass is 35.5. The molecule has 0 unspecified atom stereocenters. The van der Waals surface area contributed by atoms with Crippen LogP contribution in [0, 0.1) is 0 Å². The standard InChI is InChI=1S/C10H11ClFNOS/c11-9-2-1-8(15-9)10(14)13-5-3-7(12)4-6-13/h1-2,7H,3-6H2.